The van der Waals surface area contributed by atoms with E-state index in [0.717, 1.165) is 31.6 Å². The molecular weight excluding hydrogens is 336 g/mol. The molecule has 0 amide bonds. The van der Waals surface area contributed by atoms with E-state index in [1.54, 1.807) is 5.57 Å². The third kappa shape index (κ3) is 6.44. The summed E-state index contributed by atoms with van der Waals surface area (Å²) in [7, 11) is 0. The van der Waals surface area contributed by atoms with Gasteiger partial charge in [0.2, 0.25) is 0 Å². The number of hydrogen-bond donors (Lipinski definition) is 3. The molecule has 1 spiro atoms. The molecule has 0 heterocycles. The first-order chi connectivity index (χ1) is 12.7. The van der Waals surface area contributed by atoms with E-state index in [4.69, 9.17) is 0 Å². The molecule has 4 atom stereocenters. The molecule has 0 saturated heterocycles. The van der Waals surface area contributed by atoms with Crippen LogP contribution in [0.2, 0.25) is 0 Å². The molecule has 3 nitrogen and oxygen atoms in total. The Morgan fingerprint density at radius 2 is 1.78 bits per heavy atom. The Bertz CT molecular complexity index is 544. The van der Waals surface area contributed by atoms with Gasteiger partial charge >= 0.3 is 0 Å². The van der Waals surface area contributed by atoms with Crippen LogP contribution < -0.4 is 0 Å². The van der Waals surface area contributed by atoms with Crippen molar-refractivity contribution in [2.75, 3.05) is 0 Å². The number of hydrogen-bond acceptors (Lipinski definition) is 3. The maximum atomic E-state index is 9.92. The van der Waals surface area contributed by atoms with Crippen molar-refractivity contribution in [2.24, 2.45) is 11.3 Å². The smallest absolute Gasteiger partial charge is 0.0602 e. The molecule has 0 aliphatic heterocycles. The van der Waals surface area contributed by atoms with Crippen molar-refractivity contribution in [3.8, 4) is 0 Å². The van der Waals surface area contributed by atoms with E-state index < -0.39 is 5.60 Å². The lowest BCUT2D eigenvalue weighted by atomic mass is 9.70. The molecule has 0 aromatic carbocycles. The molecule has 3 fully saturated rings. The van der Waals surface area contributed by atoms with Crippen LogP contribution in [0.25, 0.3) is 0 Å². The highest BCUT2D eigenvalue weighted by molar-refractivity contribution is 5.22. The van der Waals surface area contributed by atoms with Crippen molar-refractivity contribution in [2.45, 2.75) is 115 Å². The van der Waals surface area contributed by atoms with Crippen LogP contribution in [0.1, 0.15) is 97.3 Å². The summed E-state index contributed by atoms with van der Waals surface area (Å²) in [6.45, 7) is 3.83. The minimum Gasteiger partial charge on any atom is -0.393 e. The predicted octanol–water partition coefficient (Wildman–Crippen LogP) is 5.05. The molecule has 0 bridgehead atoms. The molecule has 0 aromatic rings. The Hall–Kier alpha value is -0.640. The predicted molar refractivity (Wildman–Crippen MR) is 110 cm³/mol. The van der Waals surface area contributed by atoms with Crippen molar-refractivity contribution >= 4 is 0 Å². The lowest BCUT2D eigenvalue weighted by Crippen LogP contribution is -2.24. The first-order valence-corrected chi connectivity index (χ1v) is 11.2. The summed E-state index contributed by atoms with van der Waals surface area (Å²) in [6, 6.07) is 0. The van der Waals surface area contributed by atoms with Gasteiger partial charge < -0.3 is 15.3 Å². The third-order valence-electron chi connectivity index (χ3n) is 7.11. The van der Waals surface area contributed by atoms with Crippen LogP contribution >= 0.6 is 0 Å². The molecule has 3 aliphatic rings. The highest BCUT2D eigenvalue weighted by atomic mass is 16.3. The number of aliphatic hydroxyl groups is 3. The second-order valence-corrected chi connectivity index (χ2v) is 10.4. The Labute approximate surface area is 165 Å². The van der Waals surface area contributed by atoms with Crippen molar-refractivity contribution in [3.63, 3.8) is 0 Å². The van der Waals surface area contributed by atoms with Crippen LogP contribution in [-0.2, 0) is 0 Å². The fourth-order valence-electron chi connectivity index (χ4n) is 5.82. The lowest BCUT2D eigenvalue weighted by molar-refractivity contribution is 0.0608. The summed E-state index contributed by atoms with van der Waals surface area (Å²) in [5, 5.41) is 29.7. The summed E-state index contributed by atoms with van der Waals surface area (Å²) in [4.78, 5) is 0. The van der Waals surface area contributed by atoms with Crippen LogP contribution in [0.4, 0.5) is 0 Å². The van der Waals surface area contributed by atoms with Gasteiger partial charge in [-0.3, -0.25) is 0 Å². The van der Waals surface area contributed by atoms with E-state index in [1.165, 1.54) is 56.9 Å². The molecule has 27 heavy (non-hydrogen) atoms. The highest BCUT2D eigenvalue weighted by Gasteiger charge is 2.40. The Kier molecular flexibility index (Phi) is 6.87. The standard InChI is InChI=1S/C24H40O3/c1-23(2,27)10-3-5-19-9-12-24(17-19)11-4-6-18(16-24)7-8-20-13-21(25)15-22(26)14-20/h7-8,19,21-22,25-27H,3-6,9-17H2,1-2H3/b18-7+/t19?,21-,22-,24?/m1/s1. The molecule has 2 unspecified atom stereocenters. The largest absolute Gasteiger partial charge is 0.393 e. The lowest BCUT2D eigenvalue weighted by Gasteiger charge is -2.35. The van der Waals surface area contributed by atoms with Gasteiger partial charge in [0.25, 0.3) is 0 Å². The SMILES string of the molecule is CC(C)(O)CCCC1CCC2(CCC/C(=C\C=C3C[C@@H](O)C[C@H](O)C3)C2)C1. The molecular formula is C24H40O3. The zero-order valence-corrected chi connectivity index (χ0v) is 17.4. The summed E-state index contributed by atoms with van der Waals surface area (Å²) in [5.41, 5.74) is 2.77. The van der Waals surface area contributed by atoms with Crippen molar-refractivity contribution in [1.82, 2.24) is 0 Å². The zero-order valence-electron chi connectivity index (χ0n) is 17.4. The van der Waals surface area contributed by atoms with Gasteiger partial charge in [-0.1, -0.05) is 36.1 Å². The number of allylic oxidation sites excluding steroid dienone is 3. The maximum Gasteiger partial charge on any atom is 0.0602 e. The van der Waals surface area contributed by atoms with E-state index in [1.807, 2.05) is 13.8 Å². The summed E-state index contributed by atoms with van der Waals surface area (Å²) in [6.07, 6.45) is 18.2. The monoisotopic (exact) mass is 376 g/mol. The third-order valence-corrected chi connectivity index (χ3v) is 7.11. The fraction of sp³-hybridized carbons (Fsp3) is 0.833. The summed E-state index contributed by atoms with van der Waals surface area (Å²) in [5.74, 6) is 0.841. The minimum absolute atomic E-state index is 0.379. The zero-order chi connectivity index (χ0) is 19.5. The Morgan fingerprint density at radius 3 is 2.48 bits per heavy atom. The van der Waals surface area contributed by atoms with E-state index in [2.05, 4.69) is 12.2 Å². The van der Waals surface area contributed by atoms with Crippen LogP contribution in [0.3, 0.4) is 0 Å². The second-order valence-electron chi connectivity index (χ2n) is 10.4. The normalized spacial score (nSPS) is 36.6. The molecule has 3 N–H and O–H groups in total. The topological polar surface area (TPSA) is 60.7 Å². The number of rotatable bonds is 5. The van der Waals surface area contributed by atoms with Gasteiger partial charge in [-0.15, -0.1) is 0 Å². The molecule has 3 saturated carbocycles. The summed E-state index contributed by atoms with van der Waals surface area (Å²) < 4.78 is 0. The van der Waals surface area contributed by atoms with Crippen molar-refractivity contribution < 1.29 is 15.3 Å². The van der Waals surface area contributed by atoms with E-state index in [-0.39, 0.29) is 12.2 Å². The van der Waals surface area contributed by atoms with Crippen LogP contribution in [-0.4, -0.2) is 33.1 Å². The van der Waals surface area contributed by atoms with Gasteiger partial charge in [0.15, 0.2) is 0 Å². The van der Waals surface area contributed by atoms with Gasteiger partial charge in [0, 0.05) is 0 Å². The van der Waals surface area contributed by atoms with E-state index in [0.29, 0.717) is 11.8 Å². The van der Waals surface area contributed by atoms with Crippen LogP contribution in [0.15, 0.2) is 23.3 Å². The van der Waals surface area contributed by atoms with Crippen molar-refractivity contribution in [1.29, 1.82) is 0 Å². The van der Waals surface area contributed by atoms with Crippen LogP contribution in [0, 0.1) is 11.3 Å². The average Bonchev–Trinajstić information content (AvgIpc) is 2.93. The van der Waals surface area contributed by atoms with Crippen molar-refractivity contribution in [3.05, 3.63) is 23.3 Å². The van der Waals surface area contributed by atoms with E-state index >= 15 is 0 Å². The van der Waals surface area contributed by atoms with Gasteiger partial charge in [0.05, 0.1) is 17.8 Å². The first kappa shape index (κ1) is 21.1. The fourth-order valence-corrected chi connectivity index (χ4v) is 5.82. The van der Waals surface area contributed by atoms with Gasteiger partial charge in [-0.2, -0.15) is 0 Å². The molecule has 3 heteroatoms. The minimum atomic E-state index is -0.523. The maximum absolute atomic E-state index is 9.92. The van der Waals surface area contributed by atoms with Gasteiger partial charge in [-0.25, -0.2) is 0 Å². The highest BCUT2D eigenvalue weighted by Crippen LogP contribution is 2.53. The molecule has 0 aromatic heterocycles. The molecule has 154 valence electrons. The van der Waals surface area contributed by atoms with Gasteiger partial charge in [-0.05, 0) is 95.8 Å². The molecule has 0 radical (unpaired) electrons. The Morgan fingerprint density at radius 1 is 1.07 bits per heavy atom. The quantitative estimate of drug-likeness (QED) is 0.629. The molecule has 3 aliphatic carbocycles. The van der Waals surface area contributed by atoms with Gasteiger partial charge in [0.1, 0.15) is 0 Å². The van der Waals surface area contributed by atoms with Crippen LogP contribution in [0.5, 0.6) is 0 Å². The Balaban J connectivity index is 1.53. The second kappa shape index (κ2) is 8.80. The van der Waals surface area contributed by atoms with E-state index in [9.17, 15) is 15.3 Å². The number of aliphatic hydroxyl groups excluding tert-OH is 2. The first-order valence-electron chi connectivity index (χ1n) is 11.2. The average molecular weight is 377 g/mol. The molecule has 3 rings (SSSR count). The summed E-state index contributed by atoms with van der Waals surface area (Å²) >= 11 is 0.